The molecule has 82 valence electrons. The fraction of sp³-hybridized carbons (Fsp3) is 0.429. The fourth-order valence-corrected chi connectivity index (χ4v) is 1.30. The van der Waals surface area contributed by atoms with Gasteiger partial charge < -0.3 is 15.5 Å². The molecule has 0 saturated carbocycles. The summed E-state index contributed by atoms with van der Waals surface area (Å²) in [4.78, 5) is 22.0. The van der Waals surface area contributed by atoms with Crippen LogP contribution in [0.25, 0.3) is 0 Å². The summed E-state index contributed by atoms with van der Waals surface area (Å²) in [5.74, 6) is -1.80. The maximum Gasteiger partial charge on any atom is 0.326 e. The first-order chi connectivity index (χ1) is 7.15. The van der Waals surface area contributed by atoms with Crippen LogP contribution in [0.1, 0.15) is 16.9 Å². The second kappa shape index (κ2) is 5.37. The SMILES string of the molecule is O=C(NC(CCO)C(=O)O)c1cnsn1. The lowest BCUT2D eigenvalue weighted by atomic mass is 10.2. The maximum absolute atomic E-state index is 11.3. The average molecular weight is 231 g/mol. The third-order valence-electron chi connectivity index (χ3n) is 1.62. The molecule has 0 radical (unpaired) electrons. The third kappa shape index (κ3) is 3.26. The molecule has 0 fully saturated rings. The summed E-state index contributed by atoms with van der Waals surface area (Å²) in [6.07, 6.45) is 1.20. The van der Waals surface area contributed by atoms with Gasteiger partial charge >= 0.3 is 5.97 Å². The van der Waals surface area contributed by atoms with E-state index in [9.17, 15) is 9.59 Å². The van der Waals surface area contributed by atoms with Crippen LogP contribution in [0.4, 0.5) is 0 Å². The summed E-state index contributed by atoms with van der Waals surface area (Å²) >= 11 is 0.859. The van der Waals surface area contributed by atoms with Crippen molar-refractivity contribution >= 4 is 23.6 Å². The molecule has 1 atom stereocenters. The number of rotatable bonds is 5. The van der Waals surface area contributed by atoms with Gasteiger partial charge in [-0.3, -0.25) is 4.79 Å². The zero-order valence-corrected chi connectivity index (χ0v) is 8.40. The van der Waals surface area contributed by atoms with Crippen LogP contribution < -0.4 is 5.32 Å². The summed E-state index contributed by atoms with van der Waals surface area (Å²) in [6, 6.07) is -1.11. The molecule has 0 spiro atoms. The zero-order chi connectivity index (χ0) is 11.3. The van der Waals surface area contributed by atoms with E-state index in [-0.39, 0.29) is 18.7 Å². The Labute approximate surface area is 89.1 Å². The van der Waals surface area contributed by atoms with E-state index in [0.29, 0.717) is 0 Å². The van der Waals surface area contributed by atoms with Crippen LogP contribution in [0.5, 0.6) is 0 Å². The van der Waals surface area contributed by atoms with E-state index >= 15 is 0 Å². The molecule has 0 aliphatic rings. The number of carboxylic acids is 1. The van der Waals surface area contributed by atoms with Gasteiger partial charge in [-0.25, -0.2) is 4.79 Å². The predicted molar refractivity (Wildman–Crippen MR) is 50.5 cm³/mol. The highest BCUT2D eigenvalue weighted by Gasteiger charge is 2.20. The van der Waals surface area contributed by atoms with Gasteiger partial charge in [-0.05, 0) is 0 Å². The van der Waals surface area contributed by atoms with Crippen molar-refractivity contribution in [3.05, 3.63) is 11.9 Å². The van der Waals surface area contributed by atoms with Crippen molar-refractivity contribution in [2.75, 3.05) is 6.61 Å². The largest absolute Gasteiger partial charge is 0.480 e. The predicted octanol–water partition coefficient (Wildman–Crippen LogP) is -0.897. The maximum atomic E-state index is 11.3. The number of aliphatic carboxylic acids is 1. The van der Waals surface area contributed by atoms with Crippen LogP contribution in [0, 0.1) is 0 Å². The number of amides is 1. The Bertz CT molecular complexity index is 340. The number of aliphatic hydroxyl groups is 1. The van der Waals surface area contributed by atoms with Crippen molar-refractivity contribution in [3.8, 4) is 0 Å². The van der Waals surface area contributed by atoms with Crippen LogP contribution in [0.15, 0.2) is 6.20 Å². The molecule has 1 rings (SSSR count). The minimum Gasteiger partial charge on any atom is -0.480 e. The summed E-state index contributed by atoms with van der Waals surface area (Å²) in [5.41, 5.74) is 0.0733. The van der Waals surface area contributed by atoms with Crippen molar-refractivity contribution in [3.63, 3.8) is 0 Å². The van der Waals surface area contributed by atoms with Crippen molar-refractivity contribution in [1.82, 2.24) is 14.1 Å². The molecule has 7 nitrogen and oxygen atoms in total. The molecular formula is C7H9N3O4S. The van der Waals surface area contributed by atoms with Gasteiger partial charge in [0, 0.05) is 13.0 Å². The molecule has 0 bridgehead atoms. The lowest BCUT2D eigenvalue weighted by Crippen LogP contribution is -2.41. The van der Waals surface area contributed by atoms with Crippen molar-refractivity contribution in [2.45, 2.75) is 12.5 Å². The Balaban J connectivity index is 2.59. The highest BCUT2D eigenvalue weighted by Crippen LogP contribution is 1.98. The molecule has 3 N–H and O–H groups in total. The van der Waals surface area contributed by atoms with E-state index in [1.165, 1.54) is 6.20 Å². The minimum atomic E-state index is -1.19. The number of carbonyl (C=O) groups excluding carboxylic acids is 1. The first kappa shape index (κ1) is 11.5. The van der Waals surface area contributed by atoms with E-state index in [2.05, 4.69) is 14.1 Å². The molecule has 15 heavy (non-hydrogen) atoms. The summed E-state index contributed by atoms with van der Waals surface area (Å²) in [5, 5.41) is 19.5. The Hall–Kier alpha value is -1.54. The van der Waals surface area contributed by atoms with Gasteiger partial charge in [-0.15, -0.1) is 0 Å². The molecule has 0 saturated heterocycles. The molecule has 0 aromatic carbocycles. The quantitative estimate of drug-likeness (QED) is 0.605. The van der Waals surface area contributed by atoms with E-state index in [0.717, 1.165) is 11.7 Å². The van der Waals surface area contributed by atoms with Crippen LogP contribution in [0.2, 0.25) is 0 Å². The van der Waals surface area contributed by atoms with E-state index < -0.39 is 17.9 Å². The Kier molecular flexibility index (Phi) is 4.13. The number of carbonyl (C=O) groups is 2. The normalized spacial score (nSPS) is 12.1. The lowest BCUT2D eigenvalue weighted by molar-refractivity contribution is -0.139. The molecule has 0 aliphatic carbocycles. The van der Waals surface area contributed by atoms with Gasteiger partial charge in [0.15, 0.2) is 5.69 Å². The van der Waals surface area contributed by atoms with Gasteiger partial charge in [-0.2, -0.15) is 8.75 Å². The highest BCUT2D eigenvalue weighted by molar-refractivity contribution is 6.99. The fourth-order valence-electron chi connectivity index (χ4n) is 0.883. The van der Waals surface area contributed by atoms with Gasteiger partial charge in [0.2, 0.25) is 0 Å². The number of carboxylic acid groups (broad SMARTS) is 1. The van der Waals surface area contributed by atoms with Gasteiger partial charge in [0.1, 0.15) is 6.04 Å². The molecule has 0 aliphatic heterocycles. The number of aliphatic hydroxyl groups excluding tert-OH is 1. The number of hydrogen-bond acceptors (Lipinski definition) is 6. The summed E-state index contributed by atoms with van der Waals surface area (Å²) < 4.78 is 7.27. The number of aromatic nitrogens is 2. The molecule has 1 unspecified atom stereocenters. The van der Waals surface area contributed by atoms with Gasteiger partial charge in [0.25, 0.3) is 5.91 Å². The molecule has 1 aromatic rings. The standard InChI is InChI=1S/C7H9N3O4S/c11-2-1-4(7(13)14)9-6(12)5-3-8-15-10-5/h3-4,11H,1-2H2,(H,9,12)(H,13,14). The van der Waals surface area contributed by atoms with E-state index in [1.807, 2.05) is 0 Å². The number of nitrogens with one attached hydrogen (secondary N) is 1. The number of nitrogens with zero attached hydrogens (tertiary/aromatic N) is 2. The highest BCUT2D eigenvalue weighted by atomic mass is 32.1. The Morgan fingerprint density at radius 3 is 2.80 bits per heavy atom. The van der Waals surface area contributed by atoms with Gasteiger partial charge in [0.05, 0.1) is 17.9 Å². The smallest absolute Gasteiger partial charge is 0.326 e. The minimum absolute atomic E-state index is 0.0430. The molecule has 1 aromatic heterocycles. The molecule has 1 heterocycles. The van der Waals surface area contributed by atoms with Crippen LogP contribution in [0.3, 0.4) is 0 Å². The average Bonchev–Trinajstić information content (AvgIpc) is 2.69. The first-order valence-corrected chi connectivity index (χ1v) is 4.80. The second-order valence-corrected chi connectivity index (χ2v) is 3.23. The van der Waals surface area contributed by atoms with E-state index in [4.69, 9.17) is 10.2 Å². The van der Waals surface area contributed by atoms with Crippen molar-refractivity contribution < 1.29 is 19.8 Å². The Morgan fingerprint density at radius 1 is 1.60 bits per heavy atom. The van der Waals surface area contributed by atoms with Gasteiger partial charge in [-0.1, -0.05) is 0 Å². The second-order valence-electron chi connectivity index (χ2n) is 2.67. The number of hydrogen-bond donors (Lipinski definition) is 3. The molecule has 1 amide bonds. The molecule has 8 heteroatoms. The first-order valence-electron chi connectivity index (χ1n) is 4.07. The van der Waals surface area contributed by atoms with E-state index in [1.54, 1.807) is 0 Å². The van der Waals surface area contributed by atoms with Crippen molar-refractivity contribution in [2.24, 2.45) is 0 Å². The topological polar surface area (TPSA) is 112 Å². The molecular weight excluding hydrogens is 222 g/mol. The lowest BCUT2D eigenvalue weighted by Gasteiger charge is -2.11. The third-order valence-corrected chi connectivity index (χ3v) is 2.09. The summed E-state index contributed by atoms with van der Waals surface area (Å²) in [7, 11) is 0. The summed E-state index contributed by atoms with van der Waals surface area (Å²) in [6.45, 7) is -0.313. The van der Waals surface area contributed by atoms with Crippen LogP contribution >= 0.6 is 11.7 Å². The van der Waals surface area contributed by atoms with Crippen molar-refractivity contribution in [1.29, 1.82) is 0 Å². The zero-order valence-electron chi connectivity index (χ0n) is 7.58. The van der Waals surface area contributed by atoms with Crippen LogP contribution in [-0.4, -0.2) is 43.5 Å². The Morgan fingerprint density at radius 2 is 2.33 bits per heavy atom. The van der Waals surface area contributed by atoms with Crippen LogP contribution in [-0.2, 0) is 4.79 Å². The monoisotopic (exact) mass is 231 g/mol.